The largest absolute Gasteiger partial charge is 0.481 e. The van der Waals surface area contributed by atoms with Gasteiger partial charge in [0.1, 0.15) is 82.2 Å². The van der Waals surface area contributed by atoms with Crippen molar-refractivity contribution >= 4 is 121 Å². The lowest BCUT2D eigenvalue weighted by atomic mass is 9.80. The van der Waals surface area contributed by atoms with Gasteiger partial charge >= 0.3 is 11.9 Å². The number of carbonyl (C=O) groups excluding carboxylic acids is 6. The maximum absolute atomic E-state index is 14.4. The first-order chi connectivity index (χ1) is 43.7. The number of methoxy groups -OCH3 is 1. The first kappa shape index (κ1) is 65.8. The molecule has 1 aliphatic heterocycles. The fraction of sp³-hybridized carbons (Fsp3) is 0.383. The summed E-state index contributed by atoms with van der Waals surface area (Å²) in [6, 6.07) is 9.33. The molecule has 1 fully saturated rings. The Morgan fingerprint density at radius 2 is 1.40 bits per heavy atom. The van der Waals surface area contributed by atoms with E-state index in [2.05, 4.69) is 26.6 Å². The molecule has 1 saturated carbocycles. The van der Waals surface area contributed by atoms with E-state index < -0.39 is 78.2 Å². The molecule has 4 atom stereocenters. The lowest BCUT2D eigenvalue weighted by molar-refractivity contribution is -0.143. The molecule has 7 aromatic heterocycles. The number of carbonyl (C=O) groups is 8. The SMILES string of the molecule is CNC(=O)C[C@@H]1NC(=O)c2csc(n2)-c2ccc(-c3nc(N(CCCC(=O)O)C(=O)CC4CCC(C(=O)O)CC4)cs3)nc2-c2csc(n2)-c2csc(n2)[C@H]([C@@H](O)c2ccccc2)NC(=O)CNC(=O)c2nc(sc2COC)[C@H](C(C)C)NC(=O)c2nc1sc2C. The number of hydrogen-bond donors (Lipinski definition) is 8. The van der Waals surface area contributed by atoms with Crippen molar-refractivity contribution in [1.29, 1.82) is 0 Å². The number of benzene rings is 1. The molecular weight excluding hydrogens is 1290 g/mol. The lowest BCUT2D eigenvalue weighted by Gasteiger charge is -2.28. The fourth-order valence-electron chi connectivity index (χ4n) is 10.4. The van der Waals surface area contributed by atoms with Crippen molar-refractivity contribution in [3.63, 3.8) is 0 Å². The van der Waals surface area contributed by atoms with Crippen LogP contribution >= 0.6 is 68.0 Å². The van der Waals surface area contributed by atoms with Crippen LogP contribution in [0.15, 0.2) is 64.0 Å². The van der Waals surface area contributed by atoms with E-state index in [9.17, 15) is 53.7 Å². The molecule has 25 nitrogen and oxygen atoms in total. The van der Waals surface area contributed by atoms with Crippen LogP contribution in [-0.4, -0.2) is 125 Å². The number of aromatic nitrogens is 7. The number of ether oxygens (including phenoxy) is 1. The van der Waals surface area contributed by atoms with Crippen molar-refractivity contribution in [3.8, 4) is 43.4 Å². The van der Waals surface area contributed by atoms with Crippen molar-refractivity contribution in [3.05, 3.63) is 111 Å². The minimum Gasteiger partial charge on any atom is -0.481 e. The predicted octanol–water partition coefficient (Wildman–Crippen LogP) is 8.79. The number of nitrogens with zero attached hydrogens (tertiary/aromatic N) is 8. The average Bonchev–Trinajstić information content (AvgIpc) is 1.75. The second kappa shape index (κ2) is 29.4. The molecule has 10 rings (SSSR count). The Morgan fingerprint density at radius 3 is 2.12 bits per heavy atom. The number of anilines is 1. The summed E-state index contributed by atoms with van der Waals surface area (Å²) in [5.74, 6) is -5.58. The molecule has 0 radical (unpaired) electrons. The number of aliphatic hydroxyl groups is 1. The van der Waals surface area contributed by atoms with Crippen LogP contribution in [0.4, 0.5) is 5.82 Å². The number of aliphatic carboxylic acids is 2. The van der Waals surface area contributed by atoms with Gasteiger partial charge in [-0.15, -0.1) is 68.0 Å². The van der Waals surface area contributed by atoms with Crippen LogP contribution in [0.2, 0.25) is 0 Å². The summed E-state index contributed by atoms with van der Waals surface area (Å²) in [6.07, 6.45) is 0.615. The highest BCUT2D eigenvalue weighted by Crippen LogP contribution is 2.41. The highest BCUT2D eigenvalue weighted by Gasteiger charge is 2.34. The van der Waals surface area contributed by atoms with Crippen LogP contribution in [0.3, 0.4) is 0 Å². The number of aliphatic hydroxyl groups excluding tert-OH is 1. The maximum atomic E-state index is 14.4. The van der Waals surface area contributed by atoms with Gasteiger partial charge in [0, 0.05) is 65.5 Å². The zero-order valence-corrected chi connectivity index (χ0v) is 54.6. The monoisotopic (exact) mass is 1350 g/mol. The molecule has 0 spiro atoms. The first-order valence-electron chi connectivity index (χ1n) is 28.9. The Labute approximate surface area is 545 Å². The molecular formula is C60H63N13O12S6. The molecule has 1 aliphatic carbocycles. The van der Waals surface area contributed by atoms with E-state index in [1.54, 1.807) is 70.9 Å². The zero-order chi connectivity index (χ0) is 64.6. The standard InChI is InChI=1S/C60H63N13O12S6/c1-28(2)45-59-72-48(39(91-59)23-85-5)52(81)62-22-42(75)69-49(50(79)31-10-7-6-8-11-31)58-67-38(26-88-58)56-65-36(24-87-56)47-33(54-66-37(25-86-54)51(80)64-35(21-41(74)61-4)57-71-46(29(3)90-57)53(82)70-45)17-18-34(63-47)55-68-40(27-89-55)73(19-9-12-44(77)78)43(76)20-30-13-15-32(16-14-30)60(83)84/h6-8,10-11,17-18,24-28,30,32,35,45,49-50,79H,9,12-16,19-23H2,1-5H3,(H,61,74)(H,62,81)(H,64,80)(H,69,75)(H,70,82)(H,77,78)(H,83,84)/t30?,32?,35-,45-,49-,50-/m0/s1. The quantitative estimate of drug-likeness (QED) is 0.0448. The van der Waals surface area contributed by atoms with Gasteiger partial charge in [-0.25, -0.2) is 34.9 Å². The van der Waals surface area contributed by atoms with Gasteiger partial charge in [0.2, 0.25) is 17.7 Å². The highest BCUT2D eigenvalue weighted by atomic mass is 32.1. The van der Waals surface area contributed by atoms with Crippen LogP contribution in [-0.2, 0) is 35.3 Å². The predicted molar refractivity (Wildman–Crippen MR) is 344 cm³/mol. The number of carboxylic acid groups (broad SMARTS) is 2. The van der Waals surface area contributed by atoms with E-state index in [0.717, 1.165) is 34.0 Å². The Hall–Kier alpha value is -8.17. The van der Waals surface area contributed by atoms with Crippen LogP contribution < -0.4 is 31.5 Å². The molecule has 8 aromatic rings. The summed E-state index contributed by atoms with van der Waals surface area (Å²) in [5.41, 5.74) is 2.43. The lowest BCUT2D eigenvalue weighted by Crippen LogP contribution is -2.40. The van der Waals surface area contributed by atoms with Gasteiger partial charge in [-0.2, -0.15) is 0 Å². The van der Waals surface area contributed by atoms with E-state index in [1.807, 2.05) is 13.8 Å². The topological polar surface area (TPSA) is 360 Å². The number of nitrogens with one attached hydrogen (secondary N) is 5. The summed E-state index contributed by atoms with van der Waals surface area (Å²) in [6.45, 7) is 4.98. The molecule has 8 heterocycles. The van der Waals surface area contributed by atoms with Crippen molar-refractivity contribution in [1.82, 2.24) is 61.5 Å². The van der Waals surface area contributed by atoms with Gasteiger partial charge in [0.05, 0.1) is 48.1 Å². The maximum Gasteiger partial charge on any atom is 0.306 e. The second-order valence-electron chi connectivity index (χ2n) is 21.9. The molecule has 1 aromatic carbocycles. The van der Waals surface area contributed by atoms with Gasteiger partial charge in [0.15, 0.2) is 0 Å². The fourth-order valence-corrected chi connectivity index (χ4v) is 16.0. The van der Waals surface area contributed by atoms with E-state index in [1.165, 1.54) is 53.1 Å². The summed E-state index contributed by atoms with van der Waals surface area (Å²) in [4.78, 5) is 144. The van der Waals surface area contributed by atoms with Crippen molar-refractivity contribution in [2.24, 2.45) is 17.8 Å². The molecule has 0 unspecified atom stereocenters. The van der Waals surface area contributed by atoms with Crippen molar-refractivity contribution in [2.75, 3.05) is 32.1 Å². The molecule has 8 N–H and O–H groups in total. The second-order valence-corrected chi connectivity index (χ2v) is 27.8. The normalized spacial score (nSPS) is 18.5. The Bertz CT molecular complexity index is 4000. The third-order valence-electron chi connectivity index (χ3n) is 15.2. The minimum absolute atomic E-state index is 0.00305. The molecule has 31 heteroatoms. The molecule has 476 valence electrons. The number of rotatable bonds is 16. The first-order valence-corrected chi connectivity index (χ1v) is 34.1. The van der Waals surface area contributed by atoms with E-state index in [-0.39, 0.29) is 78.7 Å². The minimum atomic E-state index is -1.30. The zero-order valence-electron chi connectivity index (χ0n) is 49.7. The van der Waals surface area contributed by atoms with Gasteiger partial charge in [-0.3, -0.25) is 43.3 Å². The smallest absolute Gasteiger partial charge is 0.306 e. The average molecular weight is 1350 g/mol. The molecule has 10 bridgehead atoms. The number of hydrogen-bond acceptors (Lipinski definition) is 23. The number of fused-ring (bicyclic) bond motifs is 14. The van der Waals surface area contributed by atoms with Gasteiger partial charge in [-0.1, -0.05) is 44.2 Å². The summed E-state index contributed by atoms with van der Waals surface area (Å²) in [5, 5.41) is 54.1. The van der Waals surface area contributed by atoms with Crippen LogP contribution in [0.25, 0.3) is 43.4 Å². The number of amides is 6. The van der Waals surface area contributed by atoms with Gasteiger partial charge in [-0.05, 0) is 68.6 Å². The van der Waals surface area contributed by atoms with Gasteiger partial charge < -0.3 is 46.6 Å². The van der Waals surface area contributed by atoms with Crippen LogP contribution in [0, 0.1) is 24.7 Å². The Kier molecular flexibility index (Phi) is 21.3. The number of carboxylic acids is 2. The highest BCUT2D eigenvalue weighted by molar-refractivity contribution is 7.15. The van der Waals surface area contributed by atoms with E-state index in [4.69, 9.17) is 39.6 Å². The number of thiazole rings is 6. The number of pyridine rings is 1. The van der Waals surface area contributed by atoms with E-state index in [0.29, 0.717) is 100 Å². The van der Waals surface area contributed by atoms with E-state index >= 15 is 0 Å². The Balaban J connectivity index is 1.04. The van der Waals surface area contributed by atoms with Crippen LogP contribution in [0.5, 0.6) is 0 Å². The molecule has 0 saturated heterocycles. The molecule has 91 heavy (non-hydrogen) atoms. The number of aryl methyl sites for hydroxylation is 1. The van der Waals surface area contributed by atoms with Crippen molar-refractivity contribution < 1.29 is 58.4 Å². The van der Waals surface area contributed by atoms with Crippen LogP contribution in [0.1, 0.15) is 151 Å². The molecule has 6 amide bonds. The summed E-state index contributed by atoms with van der Waals surface area (Å²) >= 11 is 7.06. The summed E-state index contributed by atoms with van der Waals surface area (Å²) < 4.78 is 5.46. The third-order valence-corrected chi connectivity index (χ3v) is 21.0. The van der Waals surface area contributed by atoms with Gasteiger partial charge in [0.25, 0.3) is 17.7 Å². The van der Waals surface area contributed by atoms with Crippen molar-refractivity contribution in [2.45, 2.75) is 103 Å². The molecule has 2 aliphatic rings. The summed E-state index contributed by atoms with van der Waals surface area (Å²) in [7, 11) is 2.92. The Morgan fingerprint density at radius 1 is 0.692 bits per heavy atom. The third kappa shape index (κ3) is 15.6.